The third-order valence-electron chi connectivity index (χ3n) is 4.05. The average Bonchev–Trinajstić information content (AvgIpc) is 2.99. The Hall–Kier alpha value is -2.87. The van der Waals surface area contributed by atoms with Gasteiger partial charge in [0.15, 0.2) is 17.0 Å². The molecule has 1 unspecified atom stereocenters. The van der Waals surface area contributed by atoms with E-state index in [9.17, 15) is 0 Å². The molecule has 1 aromatic carbocycles. The Labute approximate surface area is 138 Å². The van der Waals surface area contributed by atoms with Gasteiger partial charge in [0.2, 0.25) is 5.95 Å². The number of nitrogens with zero attached hydrogens (tertiary/aromatic N) is 4. The molecule has 8 heteroatoms. The van der Waals surface area contributed by atoms with Crippen molar-refractivity contribution in [3.63, 3.8) is 0 Å². The van der Waals surface area contributed by atoms with Gasteiger partial charge in [0, 0.05) is 18.0 Å². The molecular weight excluding hydrogens is 306 g/mol. The highest BCUT2D eigenvalue weighted by atomic mass is 16.5. The highest BCUT2D eigenvalue weighted by Gasteiger charge is 2.21. The van der Waals surface area contributed by atoms with Gasteiger partial charge >= 0.3 is 0 Å². The second-order valence-corrected chi connectivity index (χ2v) is 5.83. The maximum atomic E-state index is 5.90. The van der Waals surface area contributed by atoms with Crippen LogP contribution in [0.25, 0.3) is 11.2 Å². The van der Waals surface area contributed by atoms with Crippen molar-refractivity contribution in [2.24, 2.45) is 0 Å². The van der Waals surface area contributed by atoms with E-state index in [-0.39, 0.29) is 12.2 Å². The second kappa shape index (κ2) is 5.97. The van der Waals surface area contributed by atoms with Crippen molar-refractivity contribution >= 4 is 34.3 Å². The Balaban J connectivity index is 1.74. The molecule has 4 rings (SSSR count). The molecular formula is C16H19N7O. The van der Waals surface area contributed by atoms with Crippen molar-refractivity contribution in [1.29, 1.82) is 0 Å². The van der Waals surface area contributed by atoms with Crippen LogP contribution in [0, 0.1) is 0 Å². The second-order valence-electron chi connectivity index (χ2n) is 5.83. The van der Waals surface area contributed by atoms with Crippen molar-refractivity contribution in [2.75, 3.05) is 23.4 Å². The van der Waals surface area contributed by atoms with Gasteiger partial charge in [-0.05, 0) is 37.5 Å². The summed E-state index contributed by atoms with van der Waals surface area (Å²) in [5.74, 6) is 0.740. The molecule has 0 bridgehead atoms. The van der Waals surface area contributed by atoms with Crippen molar-refractivity contribution in [1.82, 2.24) is 19.5 Å². The Bertz CT molecular complexity index is 870. The predicted octanol–water partition coefficient (Wildman–Crippen LogP) is 2.43. The van der Waals surface area contributed by atoms with Crippen LogP contribution in [0.4, 0.5) is 23.1 Å². The van der Waals surface area contributed by atoms with Gasteiger partial charge in [0.25, 0.3) is 0 Å². The number of nitrogen functional groups attached to an aromatic ring is 2. The molecule has 1 aliphatic heterocycles. The standard InChI is InChI=1S/C16H19N7O/c17-10-4-3-5-11(8-10)20-14-13-15(22-16(18)21-14)23(9-19-13)12-6-1-2-7-24-12/h3-5,8-9,12H,1-2,6-7,17H2,(H3,18,20,21,22). The van der Waals surface area contributed by atoms with E-state index in [0.29, 0.717) is 22.7 Å². The van der Waals surface area contributed by atoms with Crippen LogP contribution in [0.3, 0.4) is 0 Å². The Morgan fingerprint density at radius 3 is 2.92 bits per heavy atom. The molecule has 8 nitrogen and oxygen atoms in total. The quantitative estimate of drug-likeness (QED) is 0.633. The number of rotatable bonds is 3. The Morgan fingerprint density at radius 2 is 2.12 bits per heavy atom. The van der Waals surface area contributed by atoms with Gasteiger partial charge in [-0.3, -0.25) is 4.57 Å². The van der Waals surface area contributed by atoms with Crippen LogP contribution in [-0.2, 0) is 4.74 Å². The monoisotopic (exact) mass is 325 g/mol. The van der Waals surface area contributed by atoms with E-state index in [2.05, 4.69) is 20.3 Å². The van der Waals surface area contributed by atoms with Crippen LogP contribution in [0.2, 0.25) is 0 Å². The SMILES string of the molecule is Nc1cccc(Nc2nc(N)nc3c2ncn3C2CCCCO2)c1. The fourth-order valence-corrected chi connectivity index (χ4v) is 2.93. The lowest BCUT2D eigenvalue weighted by molar-refractivity contribution is -0.0298. The van der Waals surface area contributed by atoms with E-state index in [0.717, 1.165) is 31.6 Å². The summed E-state index contributed by atoms with van der Waals surface area (Å²) in [6.45, 7) is 0.749. The lowest BCUT2D eigenvalue weighted by atomic mass is 10.2. The number of fused-ring (bicyclic) bond motifs is 1. The third-order valence-corrected chi connectivity index (χ3v) is 4.05. The van der Waals surface area contributed by atoms with Crippen molar-refractivity contribution in [2.45, 2.75) is 25.5 Å². The molecule has 1 saturated heterocycles. The molecule has 0 saturated carbocycles. The topological polar surface area (TPSA) is 117 Å². The number of anilines is 4. The zero-order chi connectivity index (χ0) is 16.5. The van der Waals surface area contributed by atoms with Crippen LogP contribution >= 0.6 is 0 Å². The normalized spacial score (nSPS) is 17.9. The van der Waals surface area contributed by atoms with Gasteiger partial charge in [-0.2, -0.15) is 9.97 Å². The van der Waals surface area contributed by atoms with Crippen molar-refractivity contribution < 1.29 is 4.74 Å². The van der Waals surface area contributed by atoms with E-state index in [1.54, 1.807) is 6.33 Å². The maximum Gasteiger partial charge on any atom is 0.224 e. The molecule has 2 aromatic heterocycles. The lowest BCUT2D eigenvalue weighted by Gasteiger charge is -2.23. The van der Waals surface area contributed by atoms with E-state index in [4.69, 9.17) is 16.2 Å². The fourth-order valence-electron chi connectivity index (χ4n) is 2.93. The highest BCUT2D eigenvalue weighted by molar-refractivity contribution is 5.86. The molecule has 1 aliphatic rings. The van der Waals surface area contributed by atoms with Gasteiger partial charge in [-0.25, -0.2) is 4.98 Å². The first-order valence-electron chi connectivity index (χ1n) is 7.95. The molecule has 3 heterocycles. The van der Waals surface area contributed by atoms with Gasteiger partial charge < -0.3 is 21.5 Å². The largest absolute Gasteiger partial charge is 0.399 e. The summed E-state index contributed by atoms with van der Waals surface area (Å²) in [5.41, 5.74) is 14.5. The zero-order valence-corrected chi connectivity index (χ0v) is 13.1. The number of nitrogens with one attached hydrogen (secondary N) is 1. The molecule has 0 spiro atoms. The molecule has 3 aromatic rings. The number of nitrogens with two attached hydrogens (primary N) is 2. The fraction of sp³-hybridized carbons (Fsp3) is 0.312. The minimum atomic E-state index is -0.0572. The molecule has 1 atom stereocenters. The molecule has 124 valence electrons. The molecule has 0 aliphatic carbocycles. The summed E-state index contributed by atoms with van der Waals surface area (Å²) in [6.07, 6.45) is 4.83. The van der Waals surface area contributed by atoms with E-state index < -0.39 is 0 Å². The molecule has 5 N–H and O–H groups in total. The molecule has 24 heavy (non-hydrogen) atoms. The predicted molar refractivity (Wildman–Crippen MR) is 92.7 cm³/mol. The lowest BCUT2D eigenvalue weighted by Crippen LogP contribution is -2.18. The minimum absolute atomic E-state index is 0.0572. The summed E-state index contributed by atoms with van der Waals surface area (Å²) in [6, 6.07) is 7.42. The van der Waals surface area contributed by atoms with Crippen LogP contribution in [0.15, 0.2) is 30.6 Å². The number of imidazole rings is 1. The minimum Gasteiger partial charge on any atom is -0.399 e. The number of aromatic nitrogens is 4. The summed E-state index contributed by atoms with van der Waals surface area (Å²) < 4.78 is 7.76. The van der Waals surface area contributed by atoms with Crippen LogP contribution in [-0.4, -0.2) is 26.1 Å². The van der Waals surface area contributed by atoms with Gasteiger partial charge in [-0.1, -0.05) is 6.07 Å². The number of hydrogen-bond acceptors (Lipinski definition) is 7. The summed E-state index contributed by atoms with van der Waals surface area (Å²) >= 11 is 0. The van der Waals surface area contributed by atoms with Gasteiger partial charge in [0.05, 0.1) is 6.33 Å². The first-order chi connectivity index (χ1) is 11.7. The van der Waals surface area contributed by atoms with Crippen LogP contribution in [0.5, 0.6) is 0 Å². The number of hydrogen-bond donors (Lipinski definition) is 3. The van der Waals surface area contributed by atoms with Gasteiger partial charge in [-0.15, -0.1) is 0 Å². The summed E-state index contributed by atoms with van der Waals surface area (Å²) in [5, 5.41) is 3.22. The van der Waals surface area contributed by atoms with Crippen molar-refractivity contribution in [3.05, 3.63) is 30.6 Å². The Kier molecular flexibility index (Phi) is 3.66. The maximum absolute atomic E-state index is 5.90. The molecule has 0 amide bonds. The first kappa shape index (κ1) is 14.7. The number of benzene rings is 1. The summed E-state index contributed by atoms with van der Waals surface area (Å²) in [7, 11) is 0. The smallest absolute Gasteiger partial charge is 0.224 e. The Morgan fingerprint density at radius 1 is 1.21 bits per heavy atom. The number of ether oxygens (including phenoxy) is 1. The molecule has 0 radical (unpaired) electrons. The van der Waals surface area contributed by atoms with Crippen LogP contribution < -0.4 is 16.8 Å². The summed E-state index contributed by atoms with van der Waals surface area (Å²) in [4.78, 5) is 13.1. The zero-order valence-electron chi connectivity index (χ0n) is 13.1. The van der Waals surface area contributed by atoms with Crippen molar-refractivity contribution in [3.8, 4) is 0 Å². The van der Waals surface area contributed by atoms with Crippen LogP contribution in [0.1, 0.15) is 25.5 Å². The third kappa shape index (κ3) is 2.71. The van der Waals surface area contributed by atoms with Gasteiger partial charge in [0.1, 0.15) is 6.23 Å². The highest BCUT2D eigenvalue weighted by Crippen LogP contribution is 2.29. The van der Waals surface area contributed by atoms with E-state index in [1.165, 1.54) is 0 Å². The molecule has 1 fully saturated rings. The average molecular weight is 325 g/mol. The first-order valence-corrected chi connectivity index (χ1v) is 7.95. The van der Waals surface area contributed by atoms with E-state index >= 15 is 0 Å². The van der Waals surface area contributed by atoms with E-state index in [1.807, 2.05) is 28.8 Å².